The Hall–Kier alpha value is -2.53. The van der Waals surface area contributed by atoms with E-state index in [9.17, 15) is 5.11 Å². The molecule has 0 aliphatic carbocycles. The Morgan fingerprint density at radius 3 is 2.36 bits per heavy atom. The van der Waals surface area contributed by atoms with E-state index in [0.29, 0.717) is 17.2 Å². The Balaban J connectivity index is 2.52. The predicted molar refractivity (Wildman–Crippen MR) is 85.2 cm³/mol. The molecule has 0 atom stereocenters. The normalized spacial score (nSPS) is 11.3. The van der Waals surface area contributed by atoms with Crippen molar-refractivity contribution in [2.45, 2.75) is 0 Å². The molecule has 0 saturated carbocycles. The van der Waals surface area contributed by atoms with Gasteiger partial charge in [-0.15, -0.1) is 0 Å². The van der Waals surface area contributed by atoms with Gasteiger partial charge in [0.15, 0.2) is 0 Å². The van der Waals surface area contributed by atoms with Crippen molar-refractivity contribution >= 4 is 5.71 Å². The second kappa shape index (κ2) is 7.47. The van der Waals surface area contributed by atoms with E-state index in [0.717, 1.165) is 11.1 Å². The molecule has 0 spiro atoms. The number of nitrogens with zero attached hydrogens (tertiary/aromatic N) is 1. The molecule has 0 bridgehead atoms. The summed E-state index contributed by atoms with van der Waals surface area (Å²) in [5.41, 5.74) is 2.31. The van der Waals surface area contributed by atoms with Crippen LogP contribution in [0.2, 0.25) is 0 Å². The molecule has 2 rings (SSSR count). The molecule has 0 unspecified atom stereocenters. The number of phenolic OH excluding ortho intramolecular Hbond substituents is 1. The molecule has 2 aromatic rings. The van der Waals surface area contributed by atoms with Crippen LogP contribution in [0.4, 0.5) is 0 Å². The Morgan fingerprint density at radius 2 is 1.77 bits per heavy atom. The molecule has 0 aliphatic rings. The lowest BCUT2D eigenvalue weighted by atomic mass is 10.0. The van der Waals surface area contributed by atoms with Crippen molar-refractivity contribution in [3.05, 3.63) is 53.6 Å². The van der Waals surface area contributed by atoms with Crippen molar-refractivity contribution in [2.24, 2.45) is 4.99 Å². The quantitative estimate of drug-likeness (QED) is 0.803. The van der Waals surface area contributed by atoms with Crippen molar-refractivity contribution in [3.8, 4) is 17.2 Å². The molecule has 0 aromatic heterocycles. The van der Waals surface area contributed by atoms with Crippen LogP contribution in [-0.4, -0.2) is 43.3 Å². The van der Waals surface area contributed by atoms with Gasteiger partial charge in [0.25, 0.3) is 0 Å². The number of aliphatic imine (C=N–C) groups is 1. The zero-order chi connectivity index (χ0) is 15.9. The molecule has 2 aromatic carbocycles. The molecule has 0 radical (unpaired) electrons. The largest absolute Gasteiger partial charge is 0.508 e. The van der Waals surface area contributed by atoms with Gasteiger partial charge in [-0.25, -0.2) is 0 Å². The lowest BCUT2D eigenvalue weighted by Gasteiger charge is -2.13. The van der Waals surface area contributed by atoms with Crippen molar-refractivity contribution < 1.29 is 19.7 Å². The Labute approximate surface area is 129 Å². The standard InChI is InChI=1S/C17H19NO4/c1-21-14-7-8-15(16(11-14)22-2)17(18-9-10-19)12-3-5-13(20)6-4-12/h3-8,11,19-20H,9-10H2,1-2H3. The van der Waals surface area contributed by atoms with Crippen LogP contribution in [0.25, 0.3) is 0 Å². The van der Waals surface area contributed by atoms with Crippen molar-refractivity contribution in [1.82, 2.24) is 0 Å². The van der Waals surface area contributed by atoms with Gasteiger partial charge in [0.1, 0.15) is 17.2 Å². The summed E-state index contributed by atoms with van der Waals surface area (Å²) < 4.78 is 10.6. The molecule has 5 heteroatoms. The molecule has 116 valence electrons. The monoisotopic (exact) mass is 301 g/mol. The summed E-state index contributed by atoms with van der Waals surface area (Å²) in [5, 5.41) is 18.5. The Kier molecular flexibility index (Phi) is 5.38. The zero-order valence-corrected chi connectivity index (χ0v) is 12.6. The van der Waals surface area contributed by atoms with Crippen molar-refractivity contribution in [3.63, 3.8) is 0 Å². The summed E-state index contributed by atoms with van der Waals surface area (Å²) in [6.45, 7) is 0.242. The van der Waals surface area contributed by atoms with Crippen LogP contribution in [-0.2, 0) is 0 Å². The molecule has 0 saturated heterocycles. The predicted octanol–water partition coefficient (Wildman–Crippen LogP) is 2.24. The van der Waals surface area contributed by atoms with Crippen LogP contribution in [0.5, 0.6) is 17.2 Å². The lowest BCUT2D eigenvalue weighted by molar-refractivity contribution is 0.307. The second-order valence-corrected chi connectivity index (χ2v) is 4.57. The fourth-order valence-electron chi connectivity index (χ4n) is 2.11. The van der Waals surface area contributed by atoms with Crippen LogP contribution in [0, 0.1) is 0 Å². The van der Waals surface area contributed by atoms with E-state index in [1.54, 1.807) is 44.6 Å². The number of ether oxygens (including phenoxy) is 2. The fourth-order valence-corrected chi connectivity index (χ4v) is 2.11. The molecule has 0 amide bonds. The summed E-state index contributed by atoms with van der Waals surface area (Å²) in [6.07, 6.45) is 0. The maximum absolute atomic E-state index is 9.43. The molecular weight excluding hydrogens is 282 g/mol. The first-order valence-corrected chi connectivity index (χ1v) is 6.86. The molecule has 0 heterocycles. The first kappa shape index (κ1) is 15.9. The highest BCUT2D eigenvalue weighted by atomic mass is 16.5. The minimum atomic E-state index is -0.0416. The van der Waals surface area contributed by atoms with Gasteiger partial charge in [-0.05, 0) is 36.4 Å². The average Bonchev–Trinajstić information content (AvgIpc) is 2.56. The van der Waals surface area contributed by atoms with E-state index in [2.05, 4.69) is 4.99 Å². The van der Waals surface area contributed by atoms with Crippen LogP contribution in [0.3, 0.4) is 0 Å². The van der Waals surface area contributed by atoms with Crippen LogP contribution in [0.1, 0.15) is 11.1 Å². The van der Waals surface area contributed by atoms with Gasteiger partial charge in [0.05, 0.1) is 33.1 Å². The van der Waals surface area contributed by atoms with E-state index >= 15 is 0 Å². The topological polar surface area (TPSA) is 71.3 Å². The Morgan fingerprint density at radius 1 is 1.05 bits per heavy atom. The van der Waals surface area contributed by atoms with Gasteiger partial charge in [-0.1, -0.05) is 0 Å². The summed E-state index contributed by atoms with van der Waals surface area (Å²) in [7, 11) is 3.17. The average molecular weight is 301 g/mol. The highest BCUT2D eigenvalue weighted by molar-refractivity contribution is 6.14. The number of aliphatic hydroxyl groups excluding tert-OH is 1. The number of aromatic hydroxyl groups is 1. The SMILES string of the molecule is COc1ccc(C(=NCCO)c2ccc(O)cc2)c(OC)c1. The second-order valence-electron chi connectivity index (χ2n) is 4.57. The van der Waals surface area contributed by atoms with E-state index in [1.807, 2.05) is 12.1 Å². The third-order valence-electron chi connectivity index (χ3n) is 3.17. The first-order valence-electron chi connectivity index (χ1n) is 6.86. The number of benzene rings is 2. The smallest absolute Gasteiger partial charge is 0.131 e. The minimum Gasteiger partial charge on any atom is -0.508 e. The van der Waals surface area contributed by atoms with Crippen LogP contribution < -0.4 is 9.47 Å². The number of phenols is 1. The van der Waals surface area contributed by atoms with Gasteiger partial charge < -0.3 is 19.7 Å². The van der Waals surface area contributed by atoms with Crippen LogP contribution in [0.15, 0.2) is 47.5 Å². The number of hydrogen-bond acceptors (Lipinski definition) is 5. The van der Waals surface area contributed by atoms with Gasteiger partial charge in [0.2, 0.25) is 0 Å². The maximum Gasteiger partial charge on any atom is 0.131 e. The van der Waals surface area contributed by atoms with Gasteiger partial charge in [-0.3, -0.25) is 4.99 Å². The van der Waals surface area contributed by atoms with Gasteiger partial charge in [-0.2, -0.15) is 0 Å². The molecule has 0 fully saturated rings. The highest BCUT2D eigenvalue weighted by Gasteiger charge is 2.13. The minimum absolute atomic E-state index is 0.0416. The summed E-state index contributed by atoms with van der Waals surface area (Å²) in [6, 6.07) is 12.2. The number of aliphatic hydroxyl groups is 1. The third kappa shape index (κ3) is 3.56. The summed E-state index contributed by atoms with van der Waals surface area (Å²) in [5.74, 6) is 1.50. The number of methoxy groups -OCH3 is 2. The summed E-state index contributed by atoms with van der Waals surface area (Å²) in [4.78, 5) is 4.44. The van der Waals surface area contributed by atoms with E-state index in [-0.39, 0.29) is 18.9 Å². The number of rotatable bonds is 6. The number of hydrogen-bond donors (Lipinski definition) is 2. The zero-order valence-electron chi connectivity index (χ0n) is 12.6. The first-order chi connectivity index (χ1) is 10.7. The van der Waals surface area contributed by atoms with E-state index in [4.69, 9.17) is 14.6 Å². The fraction of sp³-hybridized carbons (Fsp3) is 0.235. The van der Waals surface area contributed by atoms with E-state index < -0.39 is 0 Å². The molecular formula is C17H19NO4. The molecule has 0 aliphatic heterocycles. The Bertz CT molecular complexity index is 650. The summed E-state index contributed by atoms with van der Waals surface area (Å²) >= 11 is 0. The van der Waals surface area contributed by atoms with Crippen LogP contribution >= 0.6 is 0 Å². The lowest BCUT2D eigenvalue weighted by Crippen LogP contribution is -2.08. The third-order valence-corrected chi connectivity index (χ3v) is 3.17. The highest BCUT2D eigenvalue weighted by Crippen LogP contribution is 2.27. The maximum atomic E-state index is 9.43. The van der Waals surface area contributed by atoms with Gasteiger partial charge >= 0.3 is 0 Å². The molecule has 22 heavy (non-hydrogen) atoms. The van der Waals surface area contributed by atoms with Gasteiger partial charge in [0, 0.05) is 17.2 Å². The molecule has 2 N–H and O–H groups in total. The van der Waals surface area contributed by atoms with Crippen molar-refractivity contribution in [1.29, 1.82) is 0 Å². The molecule has 5 nitrogen and oxygen atoms in total. The van der Waals surface area contributed by atoms with Crippen molar-refractivity contribution in [2.75, 3.05) is 27.4 Å². The van der Waals surface area contributed by atoms with E-state index in [1.165, 1.54) is 0 Å².